The van der Waals surface area contributed by atoms with E-state index in [2.05, 4.69) is 0 Å². The van der Waals surface area contributed by atoms with E-state index in [1.54, 1.807) is 0 Å². The van der Waals surface area contributed by atoms with Gasteiger partial charge in [-0.2, -0.15) is 0 Å². The Morgan fingerprint density at radius 3 is 2.21 bits per heavy atom. The van der Waals surface area contributed by atoms with Gasteiger partial charge in [0.2, 0.25) is 0 Å². The van der Waals surface area contributed by atoms with Crippen molar-refractivity contribution in [1.29, 1.82) is 0 Å². The largest absolute Gasteiger partial charge is 0.505 e. The van der Waals surface area contributed by atoms with Crippen molar-refractivity contribution in [3.8, 4) is 11.5 Å². The fourth-order valence-corrected chi connectivity index (χ4v) is 2.21. The van der Waals surface area contributed by atoms with Gasteiger partial charge in [-0.25, -0.2) is 0 Å². The molecule has 1 unspecified atom stereocenters. The van der Waals surface area contributed by atoms with Gasteiger partial charge in [-0.1, -0.05) is 12.1 Å². The van der Waals surface area contributed by atoms with E-state index in [9.17, 15) is 0 Å². The number of ether oxygens (including phenoxy) is 2. The van der Waals surface area contributed by atoms with Gasteiger partial charge < -0.3 is 18.8 Å². The smallest absolute Gasteiger partial charge is 0.486 e. The predicted octanol–water partition coefficient (Wildman–Crippen LogP) is 2.46. The molecule has 2 aliphatic heterocycles. The molecule has 0 radical (unpaired) electrons. The van der Waals surface area contributed by atoms with E-state index < -0.39 is 7.12 Å². The van der Waals surface area contributed by atoms with Crippen molar-refractivity contribution in [3.05, 3.63) is 24.3 Å². The van der Waals surface area contributed by atoms with Crippen LogP contribution in [0.5, 0.6) is 11.5 Å². The zero-order chi connectivity index (χ0) is 13.7. The maximum atomic E-state index is 5.99. The summed E-state index contributed by atoms with van der Waals surface area (Å²) in [5.41, 5.74) is -0.698. The van der Waals surface area contributed by atoms with Crippen LogP contribution in [0.3, 0.4) is 0 Å². The molecule has 2 aliphatic rings. The minimum atomic E-state index is -0.404. The number of para-hydroxylation sites is 2. The van der Waals surface area contributed by atoms with Crippen LogP contribution in [0.1, 0.15) is 27.7 Å². The Morgan fingerprint density at radius 1 is 1.00 bits per heavy atom. The minimum Gasteiger partial charge on any atom is -0.486 e. The molecule has 3 rings (SSSR count). The summed E-state index contributed by atoms with van der Waals surface area (Å²) < 4.78 is 23.6. The van der Waals surface area contributed by atoms with Crippen molar-refractivity contribution in [2.45, 2.75) is 44.9 Å². The fourth-order valence-electron chi connectivity index (χ4n) is 2.21. The monoisotopic (exact) mass is 262 g/mol. The second-order valence-corrected chi connectivity index (χ2v) is 6.04. The lowest BCUT2D eigenvalue weighted by Crippen LogP contribution is -2.45. The van der Waals surface area contributed by atoms with E-state index in [4.69, 9.17) is 18.8 Å². The van der Waals surface area contributed by atoms with Gasteiger partial charge in [-0.3, -0.25) is 0 Å². The van der Waals surface area contributed by atoms with E-state index in [0.717, 1.165) is 11.5 Å². The normalized spacial score (nSPS) is 27.4. The van der Waals surface area contributed by atoms with Crippen LogP contribution < -0.4 is 9.47 Å². The van der Waals surface area contributed by atoms with Crippen LogP contribution in [0.15, 0.2) is 24.3 Å². The molecule has 1 atom stereocenters. The summed E-state index contributed by atoms with van der Waals surface area (Å²) in [5, 5.41) is 0. The number of fused-ring (bicyclic) bond motifs is 1. The summed E-state index contributed by atoms with van der Waals surface area (Å²) in [6, 6.07) is 7.41. The summed E-state index contributed by atoms with van der Waals surface area (Å²) in [4.78, 5) is 0. The third kappa shape index (κ3) is 2.11. The molecule has 5 heteroatoms. The first-order valence-corrected chi connectivity index (χ1v) is 6.63. The number of benzene rings is 1. The first kappa shape index (κ1) is 12.8. The number of hydrogen-bond donors (Lipinski definition) is 0. The minimum absolute atomic E-state index is 0.240. The van der Waals surface area contributed by atoms with Crippen molar-refractivity contribution in [3.63, 3.8) is 0 Å². The van der Waals surface area contributed by atoms with Crippen molar-refractivity contribution < 1.29 is 18.8 Å². The zero-order valence-corrected chi connectivity index (χ0v) is 11.8. The van der Waals surface area contributed by atoms with E-state index >= 15 is 0 Å². The van der Waals surface area contributed by atoms with Gasteiger partial charge >= 0.3 is 7.12 Å². The second-order valence-electron chi connectivity index (χ2n) is 6.04. The highest BCUT2D eigenvalue weighted by Crippen LogP contribution is 2.40. The predicted molar refractivity (Wildman–Crippen MR) is 72.4 cm³/mol. The van der Waals surface area contributed by atoms with E-state index in [0.29, 0.717) is 6.61 Å². The Kier molecular flexibility index (Phi) is 2.80. The Morgan fingerprint density at radius 2 is 1.58 bits per heavy atom. The molecule has 0 aromatic heterocycles. The highest BCUT2D eigenvalue weighted by molar-refractivity contribution is 6.47. The van der Waals surface area contributed by atoms with Crippen molar-refractivity contribution in [2.24, 2.45) is 0 Å². The molecule has 0 aliphatic carbocycles. The summed E-state index contributed by atoms with van der Waals surface area (Å²) in [6.07, 6.45) is 0. The Labute approximate surface area is 114 Å². The van der Waals surface area contributed by atoms with Crippen LogP contribution in [-0.2, 0) is 9.31 Å². The lowest BCUT2D eigenvalue weighted by atomic mass is 9.81. The average Bonchev–Trinajstić information content (AvgIpc) is 2.58. The molecule has 1 fully saturated rings. The molecule has 2 heterocycles. The molecular weight excluding hydrogens is 243 g/mol. The van der Waals surface area contributed by atoms with Gasteiger partial charge in [0, 0.05) is 0 Å². The quantitative estimate of drug-likeness (QED) is 0.728. The van der Waals surface area contributed by atoms with Gasteiger partial charge in [0.1, 0.15) is 6.61 Å². The third-order valence-electron chi connectivity index (χ3n) is 4.11. The number of hydrogen-bond acceptors (Lipinski definition) is 4. The molecule has 1 aromatic rings. The van der Waals surface area contributed by atoms with E-state index in [-0.39, 0.29) is 17.2 Å². The second kappa shape index (κ2) is 4.15. The SMILES string of the molecule is CC1(C)OB(C2COc3ccccc3O2)OC1(C)C. The van der Waals surface area contributed by atoms with Crippen LogP contribution in [0, 0.1) is 0 Å². The highest BCUT2D eigenvalue weighted by Gasteiger charge is 2.55. The summed E-state index contributed by atoms with van der Waals surface area (Å²) in [7, 11) is -0.404. The molecule has 1 saturated heterocycles. The van der Waals surface area contributed by atoms with Crippen LogP contribution in [0.25, 0.3) is 0 Å². The first-order chi connectivity index (χ1) is 8.89. The van der Waals surface area contributed by atoms with Crippen LogP contribution in [-0.4, -0.2) is 30.9 Å². The van der Waals surface area contributed by atoms with Crippen LogP contribution in [0.4, 0.5) is 0 Å². The molecule has 0 saturated carbocycles. The fraction of sp³-hybridized carbons (Fsp3) is 0.571. The molecule has 0 amide bonds. The molecule has 0 N–H and O–H groups in total. The van der Waals surface area contributed by atoms with Crippen LogP contribution >= 0.6 is 0 Å². The van der Waals surface area contributed by atoms with Crippen molar-refractivity contribution in [2.75, 3.05) is 6.61 Å². The van der Waals surface area contributed by atoms with E-state index in [1.807, 2.05) is 52.0 Å². The van der Waals surface area contributed by atoms with Gasteiger partial charge in [0.25, 0.3) is 0 Å². The molecule has 19 heavy (non-hydrogen) atoms. The highest BCUT2D eigenvalue weighted by atomic mass is 16.7. The summed E-state index contributed by atoms with van der Waals surface area (Å²) >= 11 is 0. The van der Waals surface area contributed by atoms with Gasteiger partial charge in [0.15, 0.2) is 17.5 Å². The van der Waals surface area contributed by atoms with E-state index in [1.165, 1.54) is 0 Å². The standard InChI is InChI=1S/C14H19BO4/c1-13(2)14(3,4)19-15(18-13)12-9-16-10-7-5-6-8-11(10)17-12/h5-8,12H,9H2,1-4H3. The Balaban J connectivity index is 1.77. The Hall–Kier alpha value is -1.20. The average molecular weight is 262 g/mol. The van der Waals surface area contributed by atoms with Gasteiger partial charge in [0.05, 0.1) is 11.2 Å². The van der Waals surface area contributed by atoms with Gasteiger partial charge in [-0.05, 0) is 39.8 Å². The lowest BCUT2D eigenvalue weighted by Gasteiger charge is -2.32. The molecule has 102 valence electrons. The molecule has 0 spiro atoms. The molecule has 4 nitrogen and oxygen atoms in total. The first-order valence-electron chi connectivity index (χ1n) is 6.63. The molecule has 1 aromatic carbocycles. The topological polar surface area (TPSA) is 36.9 Å². The summed E-state index contributed by atoms with van der Waals surface area (Å²) in [5.74, 6) is 1.52. The molecule has 0 bridgehead atoms. The van der Waals surface area contributed by atoms with Crippen molar-refractivity contribution >= 4 is 7.12 Å². The lowest BCUT2D eigenvalue weighted by molar-refractivity contribution is 0.00578. The summed E-state index contributed by atoms with van der Waals surface area (Å²) in [6.45, 7) is 8.57. The third-order valence-corrected chi connectivity index (χ3v) is 4.11. The number of rotatable bonds is 1. The maximum Gasteiger partial charge on any atom is 0.505 e. The Bertz CT molecular complexity index is 470. The van der Waals surface area contributed by atoms with Crippen molar-refractivity contribution in [1.82, 2.24) is 0 Å². The van der Waals surface area contributed by atoms with Gasteiger partial charge in [-0.15, -0.1) is 0 Å². The molecular formula is C14H19BO4. The maximum absolute atomic E-state index is 5.99. The van der Waals surface area contributed by atoms with Crippen LogP contribution in [0.2, 0.25) is 0 Å². The zero-order valence-electron chi connectivity index (χ0n) is 11.8.